The average Bonchev–Trinajstić information content (AvgIpc) is 3.09. The van der Waals surface area contributed by atoms with Crippen LogP contribution < -0.4 is 19.5 Å². The molecule has 13 heteroatoms. The Bertz CT molecular complexity index is 1680. The van der Waals surface area contributed by atoms with Crippen molar-refractivity contribution in [2.75, 3.05) is 50.5 Å². The van der Waals surface area contributed by atoms with Crippen LogP contribution in [0.15, 0.2) is 71.6 Å². The molecule has 272 valence electrons. The van der Waals surface area contributed by atoms with Crippen LogP contribution in [0.1, 0.15) is 56.0 Å². The molecule has 0 aliphatic carbocycles. The lowest BCUT2D eigenvalue weighted by Crippen LogP contribution is -2.48. The van der Waals surface area contributed by atoms with Crippen molar-refractivity contribution in [1.29, 1.82) is 0 Å². The summed E-state index contributed by atoms with van der Waals surface area (Å²) in [4.78, 5) is 30.8. The molecule has 0 bridgehead atoms. The number of aliphatic hydroxyl groups is 1. The third-order valence-electron chi connectivity index (χ3n) is 8.78. The van der Waals surface area contributed by atoms with E-state index in [0.29, 0.717) is 30.2 Å². The maximum atomic E-state index is 14.4. The number of rotatable bonds is 9. The number of sulfonamides is 1. The average molecular weight is 711 g/mol. The number of fused-ring (bicyclic) bond motifs is 1. The normalized spacial score (nSPS) is 19.7. The van der Waals surface area contributed by atoms with E-state index in [9.17, 15) is 23.1 Å². The number of hydrogen-bond donors (Lipinski definition) is 3. The van der Waals surface area contributed by atoms with Gasteiger partial charge in [0, 0.05) is 44.0 Å². The molecule has 3 aromatic rings. The summed E-state index contributed by atoms with van der Waals surface area (Å²) in [6, 6.07) is 17.3. The van der Waals surface area contributed by atoms with E-state index < -0.39 is 28.1 Å². The lowest BCUT2D eigenvalue weighted by Gasteiger charge is -2.35. The minimum Gasteiger partial charge on any atom is -0.497 e. The summed E-state index contributed by atoms with van der Waals surface area (Å²) in [5, 5.41) is 13.1. The molecule has 50 heavy (non-hydrogen) atoms. The monoisotopic (exact) mass is 710 g/mol. The number of aryl methyl sites for hydroxylation is 1. The summed E-state index contributed by atoms with van der Waals surface area (Å²) in [5.74, 6) is 0.304. The van der Waals surface area contributed by atoms with Gasteiger partial charge in [0.1, 0.15) is 11.5 Å². The third kappa shape index (κ3) is 10.3. The molecule has 0 fully saturated rings. The van der Waals surface area contributed by atoms with Crippen LogP contribution in [0, 0.1) is 12.8 Å². The second-order valence-corrected chi connectivity index (χ2v) is 14.7. The first-order valence-electron chi connectivity index (χ1n) is 16.9. The van der Waals surface area contributed by atoms with Crippen LogP contribution in [-0.4, -0.2) is 94.0 Å². The topological polar surface area (TPSA) is 147 Å². The molecule has 0 saturated heterocycles. The number of hydrogen-bond acceptors (Lipinski definition) is 8. The van der Waals surface area contributed by atoms with Crippen LogP contribution in [0.5, 0.6) is 11.5 Å². The number of anilines is 2. The predicted octanol–water partition coefficient (Wildman–Crippen LogP) is 5.76. The number of nitrogens with one attached hydrogen (secondary N) is 2. The van der Waals surface area contributed by atoms with Crippen molar-refractivity contribution in [3.63, 3.8) is 0 Å². The van der Waals surface area contributed by atoms with E-state index in [4.69, 9.17) is 14.2 Å². The Hall–Kier alpha value is -4.33. The van der Waals surface area contributed by atoms with Crippen molar-refractivity contribution in [2.24, 2.45) is 5.92 Å². The maximum Gasteiger partial charge on any atom is 0.321 e. The summed E-state index contributed by atoms with van der Waals surface area (Å²) in [6.45, 7) is 8.07. The van der Waals surface area contributed by atoms with E-state index in [1.54, 1.807) is 79.4 Å². The number of likely N-dealkylation sites (N-methyl/N-ethyl adjacent to an activating group) is 1. The fourth-order valence-corrected chi connectivity index (χ4v) is 6.68. The summed E-state index contributed by atoms with van der Waals surface area (Å²) in [6.07, 6.45) is 1.58. The number of ether oxygens (including phenoxy) is 3. The van der Waals surface area contributed by atoms with Crippen LogP contribution in [0.25, 0.3) is 0 Å². The highest BCUT2D eigenvalue weighted by Gasteiger charge is 2.31. The number of carbonyl (C=O) groups is 2. The summed E-state index contributed by atoms with van der Waals surface area (Å²) in [5.41, 5.74) is 1.91. The molecular formula is C37H50N4O8S. The Labute approximate surface area is 295 Å². The van der Waals surface area contributed by atoms with Crippen LogP contribution in [-0.2, 0) is 14.8 Å². The van der Waals surface area contributed by atoms with E-state index in [1.807, 2.05) is 20.8 Å². The summed E-state index contributed by atoms with van der Waals surface area (Å²) < 4.78 is 46.9. The molecule has 1 aliphatic heterocycles. The zero-order chi connectivity index (χ0) is 36.4. The lowest BCUT2D eigenvalue weighted by molar-refractivity contribution is -0.0115. The highest BCUT2D eigenvalue weighted by molar-refractivity contribution is 7.92. The Morgan fingerprint density at radius 3 is 2.40 bits per heavy atom. The minimum atomic E-state index is -3.94. The first-order chi connectivity index (χ1) is 23.8. The van der Waals surface area contributed by atoms with E-state index >= 15 is 0 Å². The van der Waals surface area contributed by atoms with Crippen molar-refractivity contribution < 1.29 is 37.3 Å². The Morgan fingerprint density at radius 1 is 1.06 bits per heavy atom. The Kier molecular flexibility index (Phi) is 13.5. The van der Waals surface area contributed by atoms with Crippen LogP contribution in [0.4, 0.5) is 16.2 Å². The molecule has 0 unspecified atom stereocenters. The quantitative estimate of drug-likeness (QED) is 0.254. The molecule has 4 rings (SSSR count). The van der Waals surface area contributed by atoms with Crippen LogP contribution in [0.2, 0.25) is 0 Å². The molecule has 4 atom stereocenters. The lowest BCUT2D eigenvalue weighted by atomic mass is 10.0. The van der Waals surface area contributed by atoms with Gasteiger partial charge in [0.2, 0.25) is 0 Å². The zero-order valence-corrected chi connectivity index (χ0v) is 30.5. The summed E-state index contributed by atoms with van der Waals surface area (Å²) >= 11 is 0. The molecule has 3 aromatic carbocycles. The summed E-state index contributed by atoms with van der Waals surface area (Å²) in [7, 11) is -0.677. The van der Waals surface area contributed by atoms with Gasteiger partial charge in [-0.25, -0.2) is 13.2 Å². The number of aliphatic hydroxyl groups excluding tert-OH is 1. The first-order valence-corrected chi connectivity index (χ1v) is 18.4. The SMILES string of the molecule is COc1ccc(NC(=O)N(C)C[C@@H]2OCCCC[C@H](C)Oc3ccc(NS(=O)(=O)c4ccc(C)cc4)cc3C(=O)N([C@H](C)CO)C[C@H]2C)cc1. The van der Waals surface area contributed by atoms with Crippen LogP contribution in [0.3, 0.4) is 0 Å². The minimum absolute atomic E-state index is 0.0948. The van der Waals surface area contributed by atoms with Gasteiger partial charge in [-0.2, -0.15) is 0 Å². The first kappa shape index (κ1) is 38.5. The highest BCUT2D eigenvalue weighted by Crippen LogP contribution is 2.30. The van der Waals surface area contributed by atoms with Gasteiger partial charge >= 0.3 is 6.03 Å². The number of nitrogens with zero attached hydrogens (tertiary/aromatic N) is 2. The van der Waals surface area contributed by atoms with Crippen molar-refractivity contribution in [3.8, 4) is 11.5 Å². The van der Waals surface area contributed by atoms with Crippen molar-refractivity contribution in [2.45, 2.75) is 70.1 Å². The van der Waals surface area contributed by atoms with E-state index in [-0.39, 0.29) is 53.9 Å². The van der Waals surface area contributed by atoms with Gasteiger partial charge in [-0.15, -0.1) is 0 Å². The molecule has 0 saturated carbocycles. The van der Waals surface area contributed by atoms with Gasteiger partial charge in [0.05, 0.1) is 42.4 Å². The van der Waals surface area contributed by atoms with Gasteiger partial charge in [-0.3, -0.25) is 9.52 Å². The number of benzene rings is 3. The van der Waals surface area contributed by atoms with Gasteiger partial charge in [-0.1, -0.05) is 24.6 Å². The fraction of sp³-hybridized carbons (Fsp3) is 0.459. The van der Waals surface area contributed by atoms with Gasteiger partial charge in [0.15, 0.2) is 0 Å². The highest BCUT2D eigenvalue weighted by atomic mass is 32.2. The second kappa shape index (κ2) is 17.6. The van der Waals surface area contributed by atoms with E-state index in [1.165, 1.54) is 18.2 Å². The largest absolute Gasteiger partial charge is 0.497 e. The Balaban J connectivity index is 1.61. The fourth-order valence-electron chi connectivity index (χ4n) is 5.63. The van der Waals surface area contributed by atoms with Crippen molar-refractivity contribution >= 4 is 33.3 Å². The molecular weight excluding hydrogens is 660 g/mol. The smallest absolute Gasteiger partial charge is 0.321 e. The zero-order valence-electron chi connectivity index (χ0n) is 29.7. The molecule has 3 amide bonds. The number of carbonyl (C=O) groups excluding carboxylic acids is 2. The van der Waals surface area contributed by atoms with Gasteiger partial charge < -0.3 is 34.4 Å². The van der Waals surface area contributed by atoms with Crippen LogP contribution >= 0.6 is 0 Å². The molecule has 0 spiro atoms. The second-order valence-electron chi connectivity index (χ2n) is 13.0. The van der Waals surface area contributed by atoms with Crippen molar-refractivity contribution in [3.05, 3.63) is 77.9 Å². The molecule has 1 aliphatic rings. The molecule has 0 aromatic heterocycles. The molecule has 0 radical (unpaired) electrons. The number of amides is 3. The standard InChI is InChI=1S/C37H50N4O8S/c1-25-10-17-32(18-11-25)50(45,46)39-30-14-19-34-33(21-30)36(43)41(27(3)24-42)22-26(2)35(48-20-8-7-9-28(4)49-34)23-40(5)37(44)38-29-12-15-31(47-6)16-13-29/h10-19,21,26-28,35,39,42H,7-9,20,22-24H2,1-6H3,(H,38,44)/t26-,27-,28+,35+/m1/s1. The molecule has 12 nitrogen and oxygen atoms in total. The third-order valence-corrected chi connectivity index (χ3v) is 10.2. The molecule has 1 heterocycles. The van der Waals surface area contributed by atoms with Gasteiger partial charge in [0.25, 0.3) is 15.9 Å². The maximum absolute atomic E-state index is 14.4. The number of methoxy groups -OCH3 is 1. The molecule has 3 N–H and O–H groups in total. The number of urea groups is 1. The Morgan fingerprint density at radius 2 is 1.74 bits per heavy atom. The predicted molar refractivity (Wildman–Crippen MR) is 194 cm³/mol. The van der Waals surface area contributed by atoms with Gasteiger partial charge in [-0.05, 0) is 94.6 Å². The van der Waals surface area contributed by atoms with E-state index in [2.05, 4.69) is 10.0 Å². The van der Waals surface area contributed by atoms with Crippen molar-refractivity contribution in [1.82, 2.24) is 9.80 Å². The van der Waals surface area contributed by atoms with E-state index in [0.717, 1.165) is 18.4 Å².